The van der Waals surface area contributed by atoms with Crippen LogP contribution >= 0.6 is 27.5 Å². The van der Waals surface area contributed by atoms with Crippen molar-refractivity contribution < 1.29 is 18.0 Å². The molecule has 0 saturated heterocycles. The molecule has 4 aromatic carbocycles. The summed E-state index contributed by atoms with van der Waals surface area (Å²) in [5, 5.41) is 3.39. The number of sulfonamides is 1. The van der Waals surface area contributed by atoms with Crippen molar-refractivity contribution in [1.82, 2.24) is 10.2 Å². The molecule has 4 aromatic rings. The Morgan fingerprint density at radius 3 is 2.13 bits per heavy atom. The molecule has 0 saturated carbocycles. The Balaban J connectivity index is 1.79. The molecule has 0 aliphatic heterocycles. The lowest BCUT2D eigenvalue weighted by molar-refractivity contribution is -0.140. The number of anilines is 1. The van der Waals surface area contributed by atoms with Gasteiger partial charge in [0.15, 0.2) is 0 Å². The summed E-state index contributed by atoms with van der Waals surface area (Å²) in [4.78, 5) is 29.8. The number of halogens is 2. The summed E-state index contributed by atoms with van der Waals surface area (Å²) in [6.07, 6.45) is 0.249. The van der Waals surface area contributed by atoms with E-state index in [0.717, 1.165) is 25.5 Å². The van der Waals surface area contributed by atoms with Crippen LogP contribution < -0.4 is 9.62 Å². The van der Waals surface area contributed by atoms with Crippen molar-refractivity contribution in [2.45, 2.75) is 44.7 Å². The lowest BCUT2D eigenvalue weighted by atomic mass is 10.0. The number of aryl methyl sites for hydroxylation is 1. The van der Waals surface area contributed by atoms with Gasteiger partial charge in [0.2, 0.25) is 11.8 Å². The van der Waals surface area contributed by atoms with E-state index in [9.17, 15) is 18.0 Å². The Morgan fingerprint density at radius 1 is 0.867 bits per heavy atom. The van der Waals surface area contributed by atoms with Gasteiger partial charge in [-0.2, -0.15) is 0 Å². The van der Waals surface area contributed by atoms with Crippen molar-refractivity contribution in [3.8, 4) is 0 Å². The largest absolute Gasteiger partial charge is 0.354 e. The van der Waals surface area contributed by atoms with Gasteiger partial charge in [0.1, 0.15) is 12.6 Å². The van der Waals surface area contributed by atoms with Crippen molar-refractivity contribution in [2.24, 2.45) is 5.92 Å². The SMILES string of the molecule is Cc1ccc(N(CC(=O)N(Cc2cccc(Br)c2)[C@H](Cc2ccccc2)C(=O)NCC(C)C)S(=O)(=O)c2ccc(Cl)cc2)cc1. The topological polar surface area (TPSA) is 86.8 Å². The normalized spacial score (nSPS) is 12.0. The Kier molecular flexibility index (Phi) is 11.8. The fraction of sp³-hybridized carbons (Fsp3) is 0.257. The highest BCUT2D eigenvalue weighted by Gasteiger charge is 2.34. The average Bonchev–Trinajstić information content (AvgIpc) is 3.01. The van der Waals surface area contributed by atoms with Crippen LogP contribution in [0.1, 0.15) is 30.5 Å². The van der Waals surface area contributed by atoms with Gasteiger partial charge >= 0.3 is 0 Å². The Labute approximate surface area is 279 Å². The standard InChI is InChI=1S/C35H37BrClN3O4S/c1-25(2)22-38-35(42)33(21-27-8-5-4-6-9-27)39(23-28-10-7-11-29(36)20-28)34(41)24-40(31-16-12-26(3)13-17-31)45(43,44)32-18-14-30(37)15-19-32/h4-20,25,33H,21-24H2,1-3H3,(H,38,42)/t33-/m1/s1. The fourth-order valence-electron chi connectivity index (χ4n) is 4.78. The van der Waals surface area contributed by atoms with E-state index in [1.807, 2.05) is 75.4 Å². The van der Waals surface area contributed by atoms with Gasteiger partial charge in [0.05, 0.1) is 10.6 Å². The Bertz CT molecular complexity index is 1700. The number of carbonyl (C=O) groups is 2. The second-order valence-electron chi connectivity index (χ2n) is 11.3. The summed E-state index contributed by atoms with van der Waals surface area (Å²) in [5.74, 6) is -0.630. The molecule has 1 N–H and O–H groups in total. The van der Waals surface area contributed by atoms with Crippen LogP contribution in [0, 0.1) is 12.8 Å². The third kappa shape index (κ3) is 9.42. The van der Waals surface area contributed by atoms with Crippen LogP contribution in [-0.2, 0) is 32.6 Å². The first kappa shape index (κ1) is 34.2. The van der Waals surface area contributed by atoms with E-state index in [-0.39, 0.29) is 29.7 Å². The molecule has 0 bridgehead atoms. The minimum atomic E-state index is -4.20. The van der Waals surface area contributed by atoms with Crippen molar-refractivity contribution in [2.75, 3.05) is 17.4 Å². The maximum Gasteiger partial charge on any atom is 0.264 e. The molecule has 0 radical (unpaired) electrons. The van der Waals surface area contributed by atoms with Crippen LogP contribution in [-0.4, -0.2) is 44.3 Å². The molecule has 10 heteroatoms. The van der Waals surface area contributed by atoms with Gasteiger partial charge in [-0.1, -0.05) is 102 Å². The number of benzene rings is 4. The van der Waals surface area contributed by atoms with Gasteiger partial charge in [-0.05, 0) is 72.5 Å². The quantitative estimate of drug-likeness (QED) is 0.162. The molecule has 0 unspecified atom stereocenters. The zero-order chi connectivity index (χ0) is 32.6. The first-order valence-electron chi connectivity index (χ1n) is 14.6. The van der Waals surface area contributed by atoms with Crippen LogP contribution in [0.4, 0.5) is 5.69 Å². The highest BCUT2D eigenvalue weighted by Crippen LogP contribution is 2.26. The van der Waals surface area contributed by atoms with Gasteiger partial charge in [-0.3, -0.25) is 13.9 Å². The zero-order valence-corrected chi connectivity index (χ0v) is 28.6. The van der Waals surface area contributed by atoms with Crippen molar-refractivity contribution >= 4 is 55.1 Å². The first-order valence-corrected chi connectivity index (χ1v) is 17.3. The van der Waals surface area contributed by atoms with Crippen molar-refractivity contribution in [3.63, 3.8) is 0 Å². The molecule has 1 atom stereocenters. The molecule has 0 heterocycles. The van der Waals surface area contributed by atoms with Crippen LogP contribution in [0.5, 0.6) is 0 Å². The number of carbonyl (C=O) groups excluding carboxylic acids is 2. The molecule has 2 amide bonds. The zero-order valence-electron chi connectivity index (χ0n) is 25.5. The summed E-state index contributed by atoms with van der Waals surface area (Å²) in [5.41, 5.74) is 2.93. The highest BCUT2D eigenvalue weighted by molar-refractivity contribution is 9.10. The number of nitrogens with zero attached hydrogens (tertiary/aromatic N) is 2. The van der Waals surface area contributed by atoms with Crippen molar-refractivity contribution in [3.05, 3.63) is 129 Å². The molecule has 4 rings (SSSR count). The smallest absolute Gasteiger partial charge is 0.264 e. The van der Waals surface area contributed by atoms with Crippen molar-refractivity contribution in [1.29, 1.82) is 0 Å². The summed E-state index contributed by atoms with van der Waals surface area (Å²) >= 11 is 9.56. The molecule has 0 aliphatic rings. The van der Waals surface area contributed by atoms with E-state index in [4.69, 9.17) is 11.6 Å². The fourth-order valence-corrected chi connectivity index (χ4v) is 6.77. The van der Waals surface area contributed by atoms with Gasteiger partial charge in [-0.25, -0.2) is 8.42 Å². The number of hydrogen-bond acceptors (Lipinski definition) is 4. The van der Waals surface area contributed by atoms with Gasteiger partial charge < -0.3 is 10.2 Å². The predicted octanol–water partition coefficient (Wildman–Crippen LogP) is 7.02. The van der Waals surface area contributed by atoms with Crippen LogP contribution in [0.25, 0.3) is 0 Å². The molecular weight excluding hydrogens is 674 g/mol. The predicted molar refractivity (Wildman–Crippen MR) is 184 cm³/mol. The van der Waals surface area contributed by atoms with Crippen LogP contribution in [0.2, 0.25) is 5.02 Å². The van der Waals surface area contributed by atoms with E-state index >= 15 is 0 Å². The van der Waals surface area contributed by atoms with E-state index < -0.39 is 28.5 Å². The Hall–Kier alpha value is -3.66. The lowest BCUT2D eigenvalue weighted by Crippen LogP contribution is -2.53. The Morgan fingerprint density at radius 2 is 1.51 bits per heavy atom. The molecule has 0 aromatic heterocycles. The maximum absolute atomic E-state index is 14.5. The maximum atomic E-state index is 14.5. The third-order valence-corrected chi connectivity index (χ3v) is 9.73. The number of rotatable bonds is 13. The highest BCUT2D eigenvalue weighted by atomic mass is 79.9. The van der Waals surface area contributed by atoms with E-state index in [2.05, 4.69) is 21.2 Å². The van der Waals surface area contributed by atoms with E-state index in [0.29, 0.717) is 17.3 Å². The van der Waals surface area contributed by atoms with E-state index in [1.54, 1.807) is 24.3 Å². The summed E-state index contributed by atoms with van der Waals surface area (Å²) in [6, 6.07) is 28.8. The van der Waals surface area contributed by atoms with E-state index in [1.165, 1.54) is 29.2 Å². The third-order valence-electron chi connectivity index (χ3n) is 7.20. The first-order chi connectivity index (χ1) is 21.4. The van der Waals surface area contributed by atoms with Crippen LogP contribution in [0.15, 0.2) is 112 Å². The summed E-state index contributed by atoms with van der Waals surface area (Å²) < 4.78 is 30.1. The average molecular weight is 711 g/mol. The molecule has 0 fully saturated rings. The molecule has 7 nitrogen and oxygen atoms in total. The minimum Gasteiger partial charge on any atom is -0.354 e. The number of amides is 2. The summed E-state index contributed by atoms with van der Waals surface area (Å²) in [6.45, 7) is 5.90. The molecular formula is C35H37BrClN3O4S. The second kappa shape index (κ2) is 15.6. The lowest BCUT2D eigenvalue weighted by Gasteiger charge is -2.34. The second-order valence-corrected chi connectivity index (χ2v) is 14.5. The monoisotopic (exact) mass is 709 g/mol. The number of nitrogens with one attached hydrogen (secondary N) is 1. The molecule has 236 valence electrons. The molecule has 0 aliphatic carbocycles. The molecule has 0 spiro atoms. The van der Waals surface area contributed by atoms with Gasteiger partial charge in [0.25, 0.3) is 10.0 Å². The molecule has 45 heavy (non-hydrogen) atoms. The van der Waals surface area contributed by atoms with Gasteiger partial charge in [-0.15, -0.1) is 0 Å². The van der Waals surface area contributed by atoms with Crippen LogP contribution in [0.3, 0.4) is 0 Å². The van der Waals surface area contributed by atoms with Gasteiger partial charge in [0, 0.05) is 29.0 Å². The number of hydrogen-bond donors (Lipinski definition) is 1. The minimum absolute atomic E-state index is 0.00525. The summed E-state index contributed by atoms with van der Waals surface area (Å²) in [7, 11) is -4.20.